The van der Waals surface area contributed by atoms with Gasteiger partial charge < -0.3 is 9.47 Å². The summed E-state index contributed by atoms with van der Waals surface area (Å²) in [7, 11) is 3.61. The number of hydrogen-bond acceptors (Lipinski definition) is 2. The van der Waals surface area contributed by atoms with Crippen LogP contribution < -0.4 is 0 Å². The first-order valence-electron chi connectivity index (χ1n) is 4.37. The molecular formula is C9H14ClN3O. The predicted octanol–water partition coefficient (Wildman–Crippen LogP) is 1.01. The second-order valence-corrected chi connectivity index (χ2v) is 3.92. The molecule has 1 heterocycles. The van der Waals surface area contributed by atoms with Crippen molar-refractivity contribution in [2.24, 2.45) is 7.05 Å². The van der Waals surface area contributed by atoms with Crippen molar-refractivity contribution in [3.05, 3.63) is 18.2 Å². The standard InChI is InChI=1S/C9H14ClN3O/c1-7(10)9(14)13(3)6-8-11-4-5-12(8)2/h4-5,7H,6H2,1-3H3. The van der Waals surface area contributed by atoms with Crippen LogP contribution in [0.25, 0.3) is 0 Å². The molecule has 0 saturated carbocycles. The maximum absolute atomic E-state index is 11.4. The number of hydrogen-bond donors (Lipinski definition) is 0. The number of imidazole rings is 1. The zero-order valence-electron chi connectivity index (χ0n) is 8.57. The molecule has 78 valence electrons. The van der Waals surface area contributed by atoms with E-state index in [2.05, 4.69) is 4.98 Å². The molecule has 1 aromatic rings. The van der Waals surface area contributed by atoms with Crippen LogP contribution in [0.5, 0.6) is 0 Å². The van der Waals surface area contributed by atoms with Crippen LogP contribution in [0.1, 0.15) is 12.7 Å². The lowest BCUT2D eigenvalue weighted by Crippen LogP contribution is -2.32. The van der Waals surface area contributed by atoms with Crippen LogP contribution in [0.3, 0.4) is 0 Å². The molecule has 1 amide bonds. The number of carbonyl (C=O) groups is 1. The predicted molar refractivity (Wildman–Crippen MR) is 55.0 cm³/mol. The van der Waals surface area contributed by atoms with Crippen molar-refractivity contribution in [1.29, 1.82) is 0 Å². The average molecular weight is 216 g/mol. The molecule has 0 saturated heterocycles. The van der Waals surface area contributed by atoms with Crippen molar-refractivity contribution in [2.45, 2.75) is 18.8 Å². The first kappa shape index (κ1) is 11.0. The Morgan fingerprint density at radius 1 is 1.79 bits per heavy atom. The number of carbonyl (C=O) groups excluding carboxylic acids is 1. The Kier molecular flexibility index (Phi) is 3.52. The monoisotopic (exact) mass is 215 g/mol. The fourth-order valence-corrected chi connectivity index (χ4v) is 1.31. The first-order valence-corrected chi connectivity index (χ1v) is 4.81. The van der Waals surface area contributed by atoms with Crippen molar-refractivity contribution >= 4 is 17.5 Å². The number of aryl methyl sites for hydroxylation is 1. The molecule has 0 N–H and O–H groups in total. The molecule has 4 nitrogen and oxygen atoms in total. The Morgan fingerprint density at radius 3 is 2.86 bits per heavy atom. The lowest BCUT2D eigenvalue weighted by atomic mass is 10.4. The van der Waals surface area contributed by atoms with Gasteiger partial charge in [0.1, 0.15) is 11.2 Å². The molecule has 0 bridgehead atoms. The Hall–Kier alpha value is -1.03. The van der Waals surface area contributed by atoms with Crippen LogP contribution >= 0.6 is 11.6 Å². The van der Waals surface area contributed by atoms with Gasteiger partial charge in [0.25, 0.3) is 0 Å². The number of rotatable bonds is 3. The van der Waals surface area contributed by atoms with Gasteiger partial charge in [-0.3, -0.25) is 4.79 Å². The lowest BCUT2D eigenvalue weighted by Gasteiger charge is -2.17. The van der Waals surface area contributed by atoms with Gasteiger partial charge in [0, 0.05) is 26.5 Å². The van der Waals surface area contributed by atoms with Crippen molar-refractivity contribution in [1.82, 2.24) is 14.5 Å². The van der Waals surface area contributed by atoms with Gasteiger partial charge in [-0.2, -0.15) is 0 Å². The van der Waals surface area contributed by atoms with Crippen molar-refractivity contribution < 1.29 is 4.79 Å². The highest BCUT2D eigenvalue weighted by Crippen LogP contribution is 2.04. The molecule has 0 fully saturated rings. The van der Waals surface area contributed by atoms with E-state index in [0.717, 1.165) is 5.82 Å². The van der Waals surface area contributed by atoms with E-state index in [4.69, 9.17) is 11.6 Å². The summed E-state index contributed by atoms with van der Waals surface area (Å²) in [6.45, 7) is 2.15. The van der Waals surface area contributed by atoms with Crippen LogP contribution in [-0.2, 0) is 18.4 Å². The summed E-state index contributed by atoms with van der Waals surface area (Å²) >= 11 is 5.68. The Labute approximate surface area is 88.5 Å². The zero-order valence-corrected chi connectivity index (χ0v) is 9.32. The molecule has 5 heteroatoms. The second-order valence-electron chi connectivity index (χ2n) is 3.26. The molecule has 0 aliphatic carbocycles. The second kappa shape index (κ2) is 4.46. The topological polar surface area (TPSA) is 38.1 Å². The number of nitrogens with zero attached hydrogens (tertiary/aromatic N) is 3. The van der Waals surface area contributed by atoms with Gasteiger partial charge in [0.05, 0.1) is 6.54 Å². The van der Waals surface area contributed by atoms with E-state index < -0.39 is 5.38 Å². The van der Waals surface area contributed by atoms with Gasteiger partial charge in [0.2, 0.25) is 5.91 Å². The van der Waals surface area contributed by atoms with Gasteiger partial charge in [-0.25, -0.2) is 4.98 Å². The highest BCUT2D eigenvalue weighted by atomic mass is 35.5. The summed E-state index contributed by atoms with van der Waals surface area (Å²) in [4.78, 5) is 17.1. The van der Waals surface area contributed by atoms with Crippen molar-refractivity contribution in [3.8, 4) is 0 Å². The maximum Gasteiger partial charge on any atom is 0.240 e. The Balaban J connectivity index is 2.62. The van der Waals surface area contributed by atoms with Crippen LogP contribution in [0.2, 0.25) is 0 Å². The summed E-state index contributed by atoms with van der Waals surface area (Å²) in [5.74, 6) is 0.757. The van der Waals surface area contributed by atoms with E-state index in [-0.39, 0.29) is 5.91 Å². The third-order valence-corrected chi connectivity index (χ3v) is 2.20. The minimum Gasteiger partial charge on any atom is -0.337 e. The SMILES string of the molecule is CC(Cl)C(=O)N(C)Cc1nccn1C. The van der Waals surface area contributed by atoms with E-state index in [1.165, 1.54) is 0 Å². The molecule has 1 rings (SSSR count). The van der Waals surface area contributed by atoms with Crippen LogP contribution in [0.15, 0.2) is 12.4 Å². The van der Waals surface area contributed by atoms with Crippen molar-refractivity contribution in [2.75, 3.05) is 7.05 Å². The highest BCUT2D eigenvalue weighted by Gasteiger charge is 2.15. The molecule has 0 aliphatic heterocycles. The van der Waals surface area contributed by atoms with Gasteiger partial charge in [-0.15, -0.1) is 11.6 Å². The normalized spacial score (nSPS) is 12.6. The molecular weight excluding hydrogens is 202 g/mol. The van der Waals surface area contributed by atoms with Gasteiger partial charge in [-0.1, -0.05) is 0 Å². The van der Waals surface area contributed by atoms with E-state index >= 15 is 0 Å². The third kappa shape index (κ3) is 2.48. The molecule has 0 radical (unpaired) electrons. The van der Waals surface area contributed by atoms with Gasteiger partial charge >= 0.3 is 0 Å². The molecule has 14 heavy (non-hydrogen) atoms. The van der Waals surface area contributed by atoms with E-state index in [0.29, 0.717) is 6.54 Å². The number of alkyl halides is 1. The summed E-state index contributed by atoms with van der Waals surface area (Å²) < 4.78 is 1.88. The maximum atomic E-state index is 11.4. The largest absolute Gasteiger partial charge is 0.337 e. The van der Waals surface area contributed by atoms with Crippen LogP contribution in [0.4, 0.5) is 0 Å². The average Bonchev–Trinajstić information content (AvgIpc) is 2.50. The zero-order chi connectivity index (χ0) is 10.7. The minimum absolute atomic E-state index is 0.0883. The highest BCUT2D eigenvalue weighted by molar-refractivity contribution is 6.30. The molecule has 0 aliphatic rings. The molecule has 0 aromatic carbocycles. The summed E-state index contributed by atoms with van der Waals surface area (Å²) in [5.41, 5.74) is 0. The van der Waals surface area contributed by atoms with Gasteiger partial charge in [0.15, 0.2) is 0 Å². The molecule has 1 aromatic heterocycles. The van der Waals surface area contributed by atoms with E-state index in [9.17, 15) is 4.79 Å². The fraction of sp³-hybridized carbons (Fsp3) is 0.556. The third-order valence-electron chi connectivity index (χ3n) is 2.02. The van der Waals surface area contributed by atoms with Crippen molar-refractivity contribution in [3.63, 3.8) is 0 Å². The lowest BCUT2D eigenvalue weighted by molar-refractivity contribution is -0.129. The smallest absolute Gasteiger partial charge is 0.240 e. The van der Waals surface area contributed by atoms with E-state index in [1.807, 2.05) is 17.8 Å². The number of amides is 1. The summed E-state index contributed by atoms with van der Waals surface area (Å²) in [5, 5.41) is -0.486. The van der Waals surface area contributed by atoms with E-state index in [1.54, 1.807) is 25.1 Å². The Bertz CT molecular complexity index is 322. The molecule has 1 unspecified atom stereocenters. The summed E-state index contributed by atoms with van der Waals surface area (Å²) in [6, 6.07) is 0. The quantitative estimate of drug-likeness (QED) is 0.706. The fourth-order valence-electron chi connectivity index (χ4n) is 1.14. The van der Waals surface area contributed by atoms with Crippen LogP contribution in [-0.4, -0.2) is 32.8 Å². The van der Waals surface area contributed by atoms with Gasteiger partial charge in [-0.05, 0) is 6.92 Å². The first-order chi connectivity index (χ1) is 6.52. The number of aromatic nitrogens is 2. The summed E-state index contributed by atoms with van der Waals surface area (Å²) in [6.07, 6.45) is 3.55. The molecule has 1 atom stereocenters. The van der Waals surface area contributed by atoms with Crippen LogP contribution in [0, 0.1) is 0 Å². The Morgan fingerprint density at radius 2 is 2.43 bits per heavy atom. The number of halogens is 1. The minimum atomic E-state index is -0.486. The molecule has 0 spiro atoms.